The summed E-state index contributed by atoms with van der Waals surface area (Å²) in [6.07, 6.45) is 0. The van der Waals surface area contributed by atoms with E-state index in [0.717, 1.165) is 16.8 Å². The van der Waals surface area contributed by atoms with Gasteiger partial charge in [-0.15, -0.1) is 0 Å². The second-order valence-electron chi connectivity index (χ2n) is 7.38. The van der Waals surface area contributed by atoms with Gasteiger partial charge in [0.05, 0.1) is 18.8 Å². The molecule has 3 rings (SSSR count). The Morgan fingerprint density at radius 1 is 0.828 bits per heavy atom. The average Bonchev–Trinajstić information content (AvgIpc) is 2.69. The minimum Gasteiger partial charge on any atom is -0.325 e. The van der Waals surface area contributed by atoms with Crippen LogP contribution in [0.5, 0.6) is 0 Å². The van der Waals surface area contributed by atoms with Crippen LogP contribution >= 0.6 is 0 Å². The molecule has 1 saturated heterocycles. The van der Waals surface area contributed by atoms with Crippen molar-refractivity contribution in [1.82, 2.24) is 9.80 Å². The fraction of sp³-hybridized carbons (Fsp3) is 0.364. The van der Waals surface area contributed by atoms with Crippen LogP contribution in [0, 0.1) is 19.7 Å². The van der Waals surface area contributed by atoms with E-state index in [1.165, 1.54) is 6.07 Å². The Kier molecular flexibility index (Phi) is 6.95. The lowest BCUT2D eigenvalue weighted by Gasteiger charge is -2.33. The van der Waals surface area contributed by atoms with Gasteiger partial charge in [-0.05, 0) is 43.2 Å². The normalized spacial score (nSPS) is 15.1. The summed E-state index contributed by atoms with van der Waals surface area (Å²) in [5.41, 5.74) is 3.26. The van der Waals surface area contributed by atoms with Crippen molar-refractivity contribution in [2.24, 2.45) is 0 Å². The molecule has 29 heavy (non-hydrogen) atoms. The number of para-hydroxylation sites is 1. The number of aryl methyl sites for hydroxylation is 1. The molecule has 0 saturated carbocycles. The van der Waals surface area contributed by atoms with Crippen LogP contribution in [-0.4, -0.2) is 60.9 Å². The molecular weight excluding hydrogens is 371 g/mol. The number of nitrogens with zero attached hydrogens (tertiary/aromatic N) is 2. The van der Waals surface area contributed by atoms with Gasteiger partial charge in [0.15, 0.2) is 0 Å². The molecule has 7 heteroatoms. The lowest BCUT2D eigenvalue weighted by atomic mass is 10.1. The quantitative estimate of drug-likeness (QED) is 0.785. The molecule has 154 valence electrons. The number of rotatable bonds is 6. The molecule has 1 heterocycles. The second kappa shape index (κ2) is 9.62. The SMILES string of the molecule is Cc1cccc(NC(=O)CN2CCN(CC(=O)Nc3ccccc3F)CC2)c1C. The molecule has 1 aliphatic rings. The predicted octanol–water partition coefficient (Wildman–Crippen LogP) is 2.64. The van der Waals surface area contributed by atoms with E-state index in [1.807, 2.05) is 36.9 Å². The summed E-state index contributed by atoms with van der Waals surface area (Å²) in [5.74, 6) is -0.721. The smallest absolute Gasteiger partial charge is 0.238 e. The van der Waals surface area contributed by atoms with E-state index < -0.39 is 5.82 Å². The Morgan fingerprint density at radius 3 is 1.93 bits per heavy atom. The molecular formula is C22H27FN4O2. The highest BCUT2D eigenvalue weighted by molar-refractivity contribution is 5.93. The first-order chi connectivity index (χ1) is 13.9. The van der Waals surface area contributed by atoms with Gasteiger partial charge in [0.25, 0.3) is 0 Å². The van der Waals surface area contributed by atoms with Crippen LogP contribution in [0.4, 0.5) is 15.8 Å². The zero-order valence-electron chi connectivity index (χ0n) is 16.9. The lowest BCUT2D eigenvalue weighted by Crippen LogP contribution is -2.50. The Morgan fingerprint density at radius 2 is 1.34 bits per heavy atom. The fourth-order valence-corrected chi connectivity index (χ4v) is 3.34. The van der Waals surface area contributed by atoms with Crippen LogP contribution in [0.25, 0.3) is 0 Å². The van der Waals surface area contributed by atoms with Crippen molar-refractivity contribution in [3.63, 3.8) is 0 Å². The monoisotopic (exact) mass is 398 g/mol. The molecule has 1 fully saturated rings. The number of hydrogen-bond acceptors (Lipinski definition) is 4. The number of nitrogens with one attached hydrogen (secondary N) is 2. The van der Waals surface area contributed by atoms with E-state index in [-0.39, 0.29) is 24.0 Å². The third kappa shape index (κ3) is 5.85. The first kappa shape index (κ1) is 21.0. The zero-order chi connectivity index (χ0) is 20.8. The average molecular weight is 398 g/mol. The van der Waals surface area contributed by atoms with Crippen molar-refractivity contribution in [2.75, 3.05) is 49.9 Å². The molecule has 0 radical (unpaired) electrons. The number of carbonyl (C=O) groups excluding carboxylic acids is 2. The minimum absolute atomic E-state index is 0.0376. The maximum absolute atomic E-state index is 13.6. The maximum atomic E-state index is 13.6. The molecule has 6 nitrogen and oxygen atoms in total. The van der Waals surface area contributed by atoms with Gasteiger partial charge in [0.1, 0.15) is 5.82 Å². The first-order valence-corrected chi connectivity index (χ1v) is 9.77. The second-order valence-corrected chi connectivity index (χ2v) is 7.38. The molecule has 0 aliphatic carbocycles. The van der Waals surface area contributed by atoms with E-state index in [1.54, 1.807) is 18.2 Å². The maximum Gasteiger partial charge on any atom is 0.238 e. The van der Waals surface area contributed by atoms with Gasteiger partial charge in [-0.3, -0.25) is 19.4 Å². The van der Waals surface area contributed by atoms with Crippen molar-refractivity contribution >= 4 is 23.2 Å². The Labute approximate surface area is 170 Å². The van der Waals surface area contributed by atoms with E-state index >= 15 is 0 Å². The molecule has 0 atom stereocenters. The Bertz CT molecular complexity index is 879. The van der Waals surface area contributed by atoms with Crippen molar-refractivity contribution in [3.05, 3.63) is 59.4 Å². The molecule has 0 bridgehead atoms. The highest BCUT2D eigenvalue weighted by Gasteiger charge is 2.21. The summed E-state index contributed by atoms with van der Waals surface area (Å²) >= 11 is 0. The summed E-state index contributed by atoms with van der Waals surface area (Å²) in [6, 6.07) is 12.0. The highest BCUT2D eigenvalue weighted by atomic mass is 19.1. The number of benzene rings is 2. The van der Waals surface area contributed by atoms with Crippen LogP contribution in [0.2, 0.25) is 0 Å². The summed E-state index contributed by atoms with van der Waals surface area (Å²) in [4.78, 5) is 28.6. The number of halogens is 1. The van der Waals surface area contributed by atoms with Crippen molar-refractivity contribution in [3.8, 4) is 0 Å². The van der Waals surface area contributed by atoms with E-state index in [2.05, 4.69) is 15.5 Å². The summed E-state index contributed by atoms with van der Waals surface area (Å²) in [6.45, 7) is 7.31. The van der Waals surface area contributed by atoms with Gasteiger partial charge in [0, 0.05) is 31.9 Å². The molecule has 0 unspecified atom stereocenters. The van der Waals surface area contributed by atoms with Crippen LogP contribution < -0.4 is 10.6 Å². The number of carbonyl (C=O) groups is 2. The largest absolute Gasteiger partial charge is 0.325 e. The van der Waals surface area contributed by atoms with Crippen LogP contribution in [0.1, 0.15) is 11.1 Å². The number of amides is 2. The summed E-state index contributed by atoms with van der Waals surface area (Å²) in [7, 11) is 0. The third-order valence-corrected chi connectivity index (χ3v) is 5.23. The van der Waals surface area contributed by atoms with Gasteiger partial charge < -0.3 is 10.6 Å². The van der Waals surface area contributed by atoms with Gasteiger partial charge >= 0.3 is 0 Å². The summed E-state index contributed by atoms with van der Waals surface area (Å²) in [5, 5.41) is 5.59. The van der Waals surface area contributed by atoms with Gasteiger partial charge in [0.2, 0.25) is 11.8 Å². The Hall–Kier alpha value is -2.77. The highest BCUT2D eigenvalue weighted by Crippen LogP contribution is 2.18. The standard InChI is InChI=1S/C22H27FN4O2/c1-16-6-5-9-19(17(16)2)24-21(28)14-26-10-12-27(13-11-26)15-22(29)25-20-8-4-3-7-18(20)23/h3-9H,10-15H2,1-2H3,(H,24,28)(H,25,29). The zero-order valence-corrected chi connectivity index (χ0v) is 16.9. The number of hydrogen-bond donors (Lipinski definition) is 2. The molecule has 2 amide bonds. The van der Waals surface area contributed by atoms with Crippen molar-refractivity contribution in [2.45, 2.75) is 13.8 Å². The third-order valence-electron chi connectivity index (χ3n) is 5.23. The molecule has 2 N–H and O–H groups in total. The van der Waals surface area contributed by atoms with Crippen LogP contribution in [-0.2, 0) is 9.59 Å². The van der Waals surface area contributed by atoms with Gasteiger partial charge in [-0.25, -0.2) is 4.39 Å². The number of anilines is 2. The van der Waals surface area contributed by atoms with Crippen molar-refractivity contribution < 1.29 is 14.0 Å². The van der Waals surface area contributed by atoms with Crippen LogP contribution in [0.15, 0.2) is 42.5 Å². The molecule has 2 aromatic carbocycles. The molecule has 2 aromatic rings. The van der Waals surface area contributed by atoms with E-state index in [4.69, 9.17) is 0 Å². The van der Waals surface area contributed by atoms with Gasteiger partial charge in [-0.1, -0.05) is 24.3 Å². The molecule has 0 spiro atoms. The minimum atomic E-state index is -0.444. The Balaban J connectivity index is 1.42. The van der Waals surface area contributed by atoms with E-state index in [9.17, 15) is 14.0 Å². The summed E-state index contributed by atoms with van der Waals surface area (Å²) < 4.78 is 13.6. The van der Waals surface area contributed by atoms with E-state index in [0.29, 0.717) is 32.7 Å². The number of piperazine rings is 1. The van der Waals surface area contributed by atoms with Gasteiger partial charge in [-0.2, -0.15) is 0 Å². The predicted molar refractivity (Wildman–Crippen MR) is 112 cm³/mol. The fourth-order valence-electron chi connectivity index (χ4n) is 3.34. The molecule has 1 aliphatic heterocycles. The lowest BCUT2D eigenvalue weighted by molar-refractivity contribution is -0.120. The topological polar surface area (TPSA) is 64.7 Å². The first-order valence-electron chi connectivity index (χ1n) is 9.77. The van der Waals surface area contributed by atoms with Crippen LogP contribution in [0.3, 0.4) is 0 Å². The molecule has 0 aromatic heterocycles. The van der Waals surface area contributed by atoms with Crippen molar-refractivity contribution in [1.29, 1.82) is 0 Å².